The Hall–Kier alpha value is -2.50. The number of rotatable bonds is 5. The molecule has 0 saturated carbocycles. The summed E-state index contributed by atoms with van der Waals surface area (Å²) >= 11 is -2.55. The van der Waals surface area contributed by atoms with Crippen LogP contribution in [0.2, 0.25) is 0 Å². The zero-order valence-electron chi connectivity index (χ0n) is 11.0. The number of anilines is 1. The molecule has 1 atom stereocenters. The lowest BCUT2D eigenvalue weighted by molar-refractivity contribution is 0.290. The van der Waals surface area contributed by atoms with Crippen molar-refractivity contribution in [2.75, 3.05) is 4.72 Å². The van der Waals surface area contributed by atoms with Crippen LogP contribution in [0, 0.1) is 23.0 Å². The van der Waals surface area contributed by atoms with E-state index in [0.717, 1.165) is 12.1 Å². The van der Waals surface area contributed by atoms with E-state index in [4.69, 9.17) is 10.00 Å². The molecule has 22 heavy (non-hydrogen) atoms. The van der Waals surface area contributed by atoms with Crippen LogP contribution in [0.1, 0.15) is 11.1 Å². The van der Waals surface area contributed by atoms with E-state index in [0.29, 0.717) is 17.2 Å². The number of nitriles is 1. The second-order valence-corrected chi connectivity index (χ2v) is 4.86. The molecule has 0 aliphatic rings. The lowest BCUT2D eigenvalue weighted by Gasteiger charge is -2.15. The Bertz CT molecular complexity index is 762. The zero-order chi connectivity index (χ0) is 16.1. The van der Waals surface area contributed by atoms with Crippen LogP contribution in [0.25, 0.3) is 0 Å². The molecule has 0 bridgehead atoms. The monoisotopic (exact) mass is 323 g/mol. The Labute approximate surface area is 127 Å². The average Bonchev–Trinajstić information content (AvgIpc) is 2.47. The minimum atomic E-state index is -2.55. The molecule has 5 nitrogen and oxygen atoms in total. The molecule has 0 aliphatic carbocycles. The Kier molecular flexibility index (Phi) is 5.04. The summed E-state index contributed by atoms with van der Waals surface area (Å²) < 4.78 is 55.1. The van der Waals surface area contributed by atoms with Gasteiger partial charge in [-0.2, -0.15) is 5.26 Å². The van der Waals surface area contributed by atoms with Gasteiger partial charge >= 0.3 is 0 Å². The highest BCUT2D eigenvalue weighted by Crippen LogP contribution is 2.23. The summed E-state index contributed by atoms with van der Waals surface area (Å²) in [6, 6.07) is 8.98. The molecule has 0 spiro atoms. The Balaban J connectivity index is 2.23. The Morgan fingerprint density at radius 3 is 2.68 bits per heavy atom. The number of nitrogens with one attached hydrogen (secondary N) is 1. The van der Waals surface area contributed by atoms with Crippen molar-refractivity contribution in [1.82, 2.24) is 0 Å². The van der Waals surface area contributed by atoms with Gasteiger partial charge < -0.3 is 14.0 Å². The second kappa shape index (κ2) is 6.98. The maximum atomic E-state index is 13.5. The molecule has 2 aromatic rings. The van der Waals surface area contributed by atoms with Gasteiger partial charge in [0.15, 0.2) is 11.6 Å². The third-order valence-corrected chi connectivity index (χ3v) is 3.09. The molecule has 0 saturated heterocycles. The number of halogens is 2. The van der Waals surface area contributed by atoms with Gasteiger partial charge in [0.05, 0.1) is 17.3 Å². The number of nitrogens with zero attached hydrogens (tertiary/aromatic N) is 1. The van der Waals surface area contributed by atoms with Gasteiger partial charge in [-0.1, -0.05) is 0 Å². The minimum Gasteiger partial charge on any atom is -0.755 e. The number of benzene rings is 2. The Morgan fingerprint density at radius 1 is 1.27 bits per heavy atom. The SMILES string of the molecule is N#Cc1ccc(NS(=O)[O-])c(COc2ccc(F)cc2F)c1. The van der Waals surface area contributed by atoms with Gasteiger partial charge in [-0.3, -0.25) is 4.21 Å². The Morgan fingerprint density at radius 2 is 2.05 bits per heavy atom. The summed E-state index contributed by atoms with van der Waals surface area (Å²) in [5, 5.41) is 8.86. The maximum absolute atomic E-state index is 13.5. The quantitative estimate of drug-likeness (QED) is 0.857. The fourth-order valence-corrected chi connectivity index (χ4v) is 2.10. The summed E-state index contributed by atoms with van der Waals surface area (Å²) in [5.74, 6) is -1.79. The highest BCUT2D eigenvalue weighted by Gasteiger charge is 2.09. The predicted molar refractivity (Wildman–Crippen MR) is 74.4 cm³/mol. The molecule has 2 aromatic carbocycles. The molecule has 114 valence electrons. The van der Waals surface area contributed by atoms with E-state index >= 15 is 0 Å². The normalized spacial score (nSPS) is 11.5. The highest BCUT2D eigenvalue weighted by atomic mass is 32.2. The van der Waals surface area contributed by atoms with Crippen molar-refractivity contribution < 1.29 is 22.3 Å². The van der Waals surface area contributed by atoms with Gasteiger partial charge in [0.1, 0.15) is 12.4 Å². The third-order valence-electron chi connectivity index (χ3n) is 2.70. The van der Waals surface area contributed by atoms with E-state index in [-0.39, 0.29) is 18.0 Å². The first-order valence-electron chi connectivity index (χ1n) is 5.96. The van der Waals surface area contributed by atoms with E-state index in [1.165, 1.54) is 18.2 Å². The van der Waals surface area contributed by atoms with Gasteiger partial charge in [0, 0.05) is 22.9 Å². The van der Waals surface area contributed by atoms with Crippen LogP contribution in [0.5, 0.6) is 5.75 Å². The van der Waals surface area contributed by atoms with Crippen molar-refractivity contribution in [3.63, 3.8) is 0 Å². The van der Waals surface area contributed by atoms with Crippen molar-refractivity contribution in [1.29, 1.82) is 5.26 Å². The standard InChI is InChI=1S/C14H10F2N2O3S/c15-11-2-4-14(12(16)6-11)21-8-10-5-9(7-17)1-3-13(10)18-22(19)20/h1-6,18H,8H2,(H,19,20)/p-1. The molecule has 0 aromatic heterocycles. The molecule has 1 unspecified atom stereocenters. The topological polar surface area (TPSA) is 85.2 Å². The predicted octanol–water partition coefficient (Wildman–Crippen LogP) is 2.62. The van der Waals surface area contributed by atoms with Crippen molar-refractivity contribution in [3.05, 3.63) is 59.2 Å². The van der Waals surface area contributed by atoms with Gasteiger partial charge in [-0.25, -0.2) is 8.78 Å². The molecule has 0 fully saturated rings. The van der Waals surface area contributed by atoms with Gasteiger partial charge in [0.25, 0.3) is 0 Å². The largest absolute Gasteiger partial charge is 0.755 e. The van der Waals surface area contributed by atoms with Crippen molar-refractivity contribution in [3.8, 4) is 11.8 Å². The van der Waals surface area contributed by atoms with Crippen LogP contribution in [0.4, 0.5) is 14.5 Å². The lowest BCUT2D eigenvalue weighted by atomic mass is 10.1. The maximum Gasteiger partial charge on any atom is 0.167 e. The summed E-state index contributed by atoms with van der Waals surface area (Å²) in [7, 11) is 0. The number of ether oxygens (including phenoxy) is 1. The summed E-state index contributed by atoms with van der Waals surface area (Å²) in [6.07, 6.45) is 0. The first-order chi connectivity index (χ1) is 10.5. The summed E-state index contributed by atoms with van der Waals surface area (Å²) in [6.45, 7) is -0.197. The van der Waals surface area contributed by atoms with Crippen molar-refractivity contribution in [2.24, 2.45) is 0 Å². The van der Waals surface area contributed by atoms with Crippen LogP contribution >= 0.6 is 0 Å². The van der Waals surface area contributed by atoms with Gasteiger partial charge in [0.2, 0.25) is 0 Å². The van der Waals surface area contributed by atoms with Crippen LogP contribution in [-0.4, -0.2) is 8.76 Å². The fraction of sp³-hybridized carbons (Fsp3) is 0.0714. The van der Waals surface area contributed by atoms with Gasteiger partial charge in [-0.05, 0) is 30.3 Å². The average molecular weight is 323 g/mol. The molecule has 0 radical (unpaired) electrons. The first kappa shape index (κ1) is 15.9. The van der Waals surface area contributed by atoms with Gasteiger partial charge in [-0.15, -0.1) is 0 Å². The van der Waals surface area contributed by atoms with Crippen LogP contribution < -0.4 is 9.46 Å². The van der Waals surface area contributed by atoms with E-state index in [2.05, 4.69) is 4.72 Å². The summed E-state index contributed by atoms with van der Waals surface area (Å²) in [4.78, 5) is 0. The summed E-state index contributed by atoms with van der Waals surface area (Å²) in [5.41, 5.74) is 0.835. The van der Waals surface area contributed by atoms with E-state index in [1.54, 1.807) is 0 Å². The molecular weight excluding hydrogens is 314 g/mol. The van der Waals surface area contributed by atoms with Crippen molar-refractivity contribution in [2.45, 2.75) is 6.61 Å². The van der Waals surface area contributed by atoms with Crippen LogP contribution in [-0.2, 0) is 17.9 Å². The molecule has 2 rings (SSSR count). The number of hydrogen-bond donors (Lipinski definition) is 1. The molecule has 1 N–H and O–H groups in total. The van der Waals surface area contributed by atoms with Crippen LogP contribution in [0.3, 0.4) is 0 Å². The molecule has 8 heteroatoms. The smallest absolute Gasteiger partial charge is 0.167 e. The molecular formula is C14H9F2N2O3S-. The molecule has 0 aliphatic heterocycles. The lowest BCUT2D eigenvalue weighted by Crippen LogP contribution is -2.07. The van der Waals surface area contributed by atoms with Crippen LogP contribution in [0.15, 0.2) is 36.4 Å². The molecule has 0 heterocycles. The van der Waals surface area contributed by atoms with E-state index in [9.17, 15) is 17.5 Å². The minimum absolute atomic E-state index is 0.182. The highest BCUT2D eigenvalue weighted by molar-refractivity contribution is 7.80. The molecule has 0 amide bonds. The number of hydrogen-bond acceptors (Lipinski definition) is 4. The second-order valence-electron chi connectivity index (χ2n) is 4.18. The first-order valence-corrected chi connectivity index (χ1v) is 7.04. The zero-order valence-corrected chi connectivity index (χ0v) is 11.8. The van der Waals surface area contributed by atoms with E-state index in [1.807, 2.05) is 6.07 Å². The van der Waals surface area contributed by atoms with E-state index < -0.39 is 22.9 Å². The third kappa shape index (κ3) is 4.00. The van der Waals surface area contributed by atoms with Crippen molar-refractivity contribution >= 4 is 17.0 Å². The fourth-order valence-electron chi connectivity index (χ4n) is 1.72.